The molecule has 0 radical (unpaired) electrons. The van der Waals surface area contributed by atoms with Crippen molar-refractivity contribution in [1.82, 2.24) is 4.90 Å². The molecule has 3 heterocycles. The van der Waals surface area contributed by atoms with Gasteiger partial charge in [0.05, 0.1) is 11.5 Å². The molecular weight excluding hydrogens is 290 g/mol. The second-order valence-corrected chi connectivity index (χ2v) is 8.16. The molecule has 0 saturated carbocycles. The van der Waals surface area contributed by atoms with Crippen LogP contribution in [0.15, 0.2) is 11.6 Å². The number of hydrogen-bond acceptors (Lipinski definition) is 4. The number of carbonyl (C=O) groups excluding carboxylic acids is 1. The molecule has 4 aliphatic rings. The third kappa shape index (κ3) is 2.96. The van der Waals surface area contributed by atoms with Crippen molar-refractivity contribution in [1.29, 1.82) is 0 Å². The highest BCUT2D eigenvalue weighted by Gasteiger charge is 2.62. The van der Waals surface area contributed by atoms with Gasteiger partial charge in [0, 0.05) is 12.5 Å². The van der Waals surface area contributed by atoms with Crippen molar-refractivity contribution in [3.8, 4) is 0 Å². The van der Waals surface area contributed by atoms with E-state index in [4.69, 9.17) is 9.47 Å². The van der Waals surface area contributed by atoms with E-state index in [2.05, 4.69) is 24.8 Å². The Kier molecular flexibility index (Phi) is 4.01. The van der Waals surface area contributed by atoms with Crippen molar-refractivity contribution in [2.45, 2.75) is 70.2 Å². The molecule has 4 heteroatoms. The van der Waals surface area contributed by atoms with Gasteiger partial charge in [-0.1, -0.05) is 11.6 Å². The molecule has 5 atom stereocenters. The van der Waals surface area contributed by atoms with Crippen molar-refractivity contribution in [3.05, 3.63) is 11.6 Å². The van der Waals surface area contributed by atoms with Gasteiger partial charge in [-0.25, -0.2) is 0 Å². The Morgan fingerprint density at radius 2 is 2.13 bits per heavy atom. The van der Waals surface area contributed by atoms with Crippen LogP contribution in [-0.4, -0.2) is 48.3 Å². The second-order valence-electron chi connectivity index (χ2n) is 8.16. The van der Waals surface area contributed by atoms with Gasteiger partial charge in [0.25, 0.3) is 0 Å². The molecule has 4 nitrogen and oxygen atoms in total. The molecule has 0 aromatic rings. The number of hydrogen-bond donors (Lipinski definition) is 0. The van der Waals surface area contributed by atoms with Crippen LogP contribution in [-0.2, 0) is 14.3 Å². The molecule has 0 unspecified atom stereocenters. The molecule has 3 aliphatic heterocycles. The van der Waals surface area contributed by atoms with Crippen LogP contribution < -0.4 is 0 Å². The minimum absolute atomic E-state index is 0.0191. The van der Waals surface area contributed by atoms with Gasteiger partial charge >= 0.3 is 5.97 Å². The molecule has 0 aromatic heterocycles. The standard InChI is InChI=1S/C19H29NO3/c1-13-6-5-9-19(2)17(23-19)16-14(8-7-13)15(18(21)22-16)12-20-10-3-4-11-20/h6,14-17H,3-5,7-12H2,1-2H3/b13-6+/t14-,15-,16-,17+,19+/m0/s1. The SMILES string of the molecule is C/C1=C\CC[C@@]2(C)O[C@@H]2[C@H]2OC(=O)[C@@H](CN3CCCC3)[C@@H]2CC1. The largest absolute Gasteiger partial charge is 0.459 e. The third-order valence-corrected chi connectivity index (χ3v) is 6.39. The van der Waals surface area contributed by atoms with Gasteiger partial charge in [-0.15, -0.1) is 0 Å². The number of allylic oxidation sites excluding steroid dienone is 2. The van der Waals surface area contributed by atoms with Crippen LogP contribution in [0.5, 0.6) is 0 Å². The van der Waals surface area contributed by atoms with E-state index in [1.807, 2.05) is 0 Å². The summed E-state index contributed by atoms with van der Waals surface area (Å²) in [7, 11) is 0. The Morgan fingerprint density at radius 3 is 2.91 bits per heavy atom. The molecule has 128 valence electrons. The summed E-state index contributed by atoms with van der Waals surface area (Å²) in [4.78, 5) is 15.0. The first-order valence-electron chi connectivity index (χ1n) is 9.33. The van der Waals surface area contributed by atoms with Crippen molar-refractivity contribution in [2.24, 2.45) is 11.8 Å². The predicted molar refractivity (Wildman–Crippen MR) is 88.0 cm³/mol. The van der Waals surface area contributed by atoms with Crippen LogP contribution in [0.25, 0.3) is 0 Å². The lowest BCUT2D eigenvalue weighted by Gasteiger charge is -2.25. The number of fused-ring (bicyclic) bond motifs is 3. The summed E-state index contributed by atoms with van der Waals surface area (Å²) in [5.74, 6) is 0.376. The van der Waals surface area contributed by atoms with Gasteiger partial charge in [-0.3, -0.25) is 4.79 Å². The number of carbonyl (C=O) groups is 1. The first kappa shape index (κ1) is 15.6. The summed E-state index contributed by atoms with van der Waals surface area (Å²) >= 11 is 0. The van der Waals surface area contributed by atoms with E-state index in [1.165, 1.54) is 18.4 Å². The van der Waals surface area contributed by atoms with E-state index in [-0.39, 0.29) is 29.7 Å². The number of nitrogens with zero attached hydrogens (tertiary/aromatic N) is 1. The van der Waals surface area contributed by atoms with Gasteiger partial charge in [0.1, 0.15) is 12.2 Å². The highest BCUT2D eigenvalue weighted by atomic mass is 16.6. The molecule has 3 saturated heterocycles. The lowest BCUT2D eigenvalue weighted by Crippen LogP contribution is -2.35. The Morgan fingerprint density at radius 1 is 1.35 bits per heavy atom. The predicted octanol–water partition coefficient (Wildman–Crippen LogP) is 2.92. The van der Waals surface area contributed by atoms with E-state index < -0.39 is 0 Å². The van der Waals surface area contributed by atoms with Crippen LogP contribution in [0.1, 0.15) is 52.4 Å². The Hall–Kier alpha value is -0.870. The fourth-order valence-electron chi connectivity index (χ4n) is 4.79. The fourth-order valence-corrected chi connectivity index (χ4v) is 4.79. The minimum atomic E-state index is -0.0835. The summed E-state index contributed by atoms with van der Waals surface area (Å²) in [6.45, 7) is 7.56. The molecule has 0 amide bonds. The van der Waals surface area contributed by atoms with Crippen molar-refractivity contribution in [2.75, 3.05) is 19.6 Å². The van der Waals surface area contributed by atoms with Crippen molar-refractivity contribution in [3.63, 3.8) is 0 Å². The van der Waals surface area contributed by atoms with E-state index in [1.54, 1.807) is 0 Å². The summed E-state index contributed by atoms with van der Waals surface area (Å²) in [6.07, 6.45) is 9.22. The number of epoxide rings is 1. The van der Waals surface area contributed by atoms with Gasteiger partial charge < -0.3 is 14.4 Å². The average Bonchev–Trinajstić information content (AvgIpc) is 2.87. The van der Waals surface area contributed by atoms with E-state index in [0.717, 1.165) is 45.3 Å². The molecule has 4 rings (SSSR count). The zero-order valence-corrected chi connectivity index (χ0v) is 14.4. The third-order valence-electron chi connectivity index (χ3n) is 6.39. The lowest BCUT2D eigenvalue weighted by molar-refractivity contribution is -0.145. The highest BCUT2D eigenvalue weighted by molar-refractivity contribution is 5.75. The lowest BCUT2D eigenvalue weighted by atomic mass is 9.80. The number of ether oxygens (including phenoxy) is 2. The number of likely N-dealkylation sites (tertiary alicyclic amines) is 1. The zero-order chi connectivity index (χ0) is 16.0. The molecule has 1 aliphatic carbocycles. The maximum atomic E-state index is 12.6. The van der Waals surface area contributed by atoms with Gasteiger partial charge in [0.2, 0.25) is 0 Å². The summed E-state index contributed by atoms with van der Waals surface area (Å²) in [6, 6.07) is 0. The number of esters is 1. The quantitative estimate of drug-likeness (QED) is 0.446. The second kappa shape index (κ2) is 5.89. The minimum Gasteiger partial charge on any atom is -0.459 e. The molecule has 0 N–H and O–H groups in total. The van der Waals surface area contributed by atoms with E-state index >= 15 is 0 Å². The normalized spacial score (nSPS) is 46.5. The average molecular weight is 319 g/mol. The monoisotopic (exact) mass is 319 g/mol. The maximum absolute atomic E-state index is 12.6. The Labute approximate surface area is 139 Å². The van der Waals surface area contributed by atoms with Gasteiger partial charge in [0.15, 0.2) is 0 Å². The molecule has 0 aromatic carbocycles. The van der Waals surface area contributed by atoms with Crippen LogP contribution in [0.4, 0.5) is 0 Å². The Balaban J connectivity index is 1.54. The van der Waals surface area contributed by atoms with E-state index in [0.29, 0.717) is 5.92 Å². The summed E-state index contributed by atoms with van der Waals surface area (Å²) in [5, 5.41) is 0. The molecular formula is C19H29NO3. The van der Waals surface area contributed by atoms with Gasteiger partial charge in [-0.05, 0) is 65.5 Å². The van der Waals surface area contributed by atoms with Crippen LogP contribution in [0.2, 0.25) is 0 Å². The first-order valence-corrected chi connectivity index (χ1v) is 9.33. The molecule has 0 bridgehead atoms. The fraction of sp³-hybridized carbons (Fsp3) is 0.842. The van der Waals surface area contributed by atoms with Crippen LogP contribution in [0, 0.1) is 11.8 Å². The summed E-state index contributed by atoms with van der Waals surface area (Å²) < 4.78 is 11.9. The van der Waals surface area contributed by atoms with Crippen LogP contribution >= 0.6 is 0 Å². The molecule has 3 fully saturated rings. The van der Waals surface area contributed by atoms with Gasteiger partial charge in [-0.2, -0.15) is 0 Å². The van der Waals surface area contributed by atoms with Crippen LogP contribution in [0.3, 0.4) is 0 Å². The molecule has 0 spiro atoms. The van der Waals surface area contributed by atoms with Crippen molar-refractivity contribution < 1.29 is 14.3 Å². The number of rotatable bonds is 2. The van der Waals surface area contributed by atoms with Crippen molar-refractivity contribution >= 4 is 5.97 Å². The Bertz CT molecular complexity index is 511. The maximum Gasteiger partial charge on any atom is 0.311 e. The first-order chi connectivity index (χ1) is 11.1. The molecule has 23 heavy (non-hydrogen) atoms. The zero-order valence-electron chi connectivity index (χ0n) is 14.4. The smallest absolute Gasteiger partial charge is 0.311 e. The topological polar surface area (TPSA) is 42.1 Å². The van der Waals surface area contributed by atoms with E-state index in [9.17, 15) is 4.79 Å². The summed E-state index contributed by atoms with van der Waals surface area (Å²) in [5.41, 5.74) is 1.37. The highest BCUT2D eigenvalue weighted by Crippen LogP contribution is 2.50.